The molecule has 164 valence electrons. The van der Waals surface area contributed by atoms with Gasteiger partial charge in [0, 0.05) is 25.2 Å². The number of piperidine rings is 1. The number of hydrogen-bond acceptors (Lipinski definition) is 7. The summed E-state index contributed by atoms with van der Waals surface area (Å²) in [5.74, 6) is 0.379. The minimum absolute atomic E-state index is 0.0178. The maximum Gasteiger partial charge on any atom is 0.273 e. The van der Waals surface area contributed by atoms with Crippen molar-refractivity contribution in [1.29, 1.82) is 0 Å². The third-order valence-corrected chi connectivity index (χ3v) is 6.77. The summed E-state index contributed by atoms with van der Waals surface area (Å²) in [5.41, 5.74) is 0.207. The van der Waals surface area contributed by atoms with Crippen LogP contribution in [0.4, 0.5) is 0 Å². The van der Waals surface area contributed by atoms with Crippen LogP contribution in [0, 0.1) is 0 Å². The lowest BCUT2D eigenvalue weighted by Gasteiger charge is -2.32. The van der Waals surface area contributed by atoms with Crippen LogP contribution in [0.3, 0.4) is 0 Å². The van der Waals surface area contributed by atoms with E-state index in [-0.39, 0.29) is 40.9 Å². The Morgan fingerprint density at radius 3 is 2.70 bits per heavy atom. The zero-order valence-corrected chi connectivity index (χ0v) is 18.3. The van der Waals surface area contributed by atoms with E-state index in [0.717, 1.165) is 6.42 Å². The highest BCUT2D eigenvalue weighted by atomic mass is 32.2. The molecular weight excluding hydrogens is 410 g/mol. The van der Waals surface area contributed by atoms with Crippen LogP contribution in [0.1, 0.15) is 43.2 Å². The fraction of sp³-hybridized carbons (Fsp3) is 0.526. The predicted molar refractivity (Wildman–Crippen MR) is 109 cm³/mol. The van der Waals surface area contributed by atoms with Gasteiger partial charge in [-0.15, -0.1) is 5.10 Å². The summed E-state index contributed by atoms with van der Waals surface area (Å²) < 4.78 is 40.1. The Kier molecular flexibility index (Phi) is 6.61. The molecule has 1 amide bonds. The van der Waals surface area contributed by atoms with Crippen molar-refractivity contribution < 1.29 is 22.7 Å². The highest BCUT2D eigenvalue weighted by molar-refractivity contribution is 7.89. The summed E-state index contributed by atoms with van der Waals surface area (Å²) in [6.07, 6.45) is 2.95. The lowest BCUT2D eigenvalue weighted by atomic mass is 10.1. The lowest BCUT2D eigenvalue weighted by molar-refractivity contribution is 0.0938. The van der Waals surface area contributed by atoms with E-state index in [1.807, 2.05) is 13.8 Å². The number of benzene rings is 1. The van der Waals surface area contributed by atoms with Crippen molar-refractivity contribution in [3.63, 3.8) is 0 Å². The minimum atomic E-state index is -3.82. The molecule has 0 aliphatic carbocycles. The fourth-order valence-electron chi connectivity index (χ4n) is 3.38. The van der Waals surface area contributed by atoms with Crippen molar-refractivity contribution in [1.82, 2.24) is 24.6 Å². The number of nitrogens with zero attached hydrogens (tertiary/aromatic N) is 4. The fourth-order valence-corrected chi connectivity index (χ4v) is 5.06. The van der Waals surface area contributed by atoms with Gasteiger partial charge in [0.15, 0.2) is 5.69 Å². The molecule has 30 heavy (non-hydrogen) atoms. The smallest absolute Gasteiger partial charge is 0.273 e. The average molecular weight is 438 g/mol. The van der Waals surface area contributed by atoms with Gasteiger partial charge < -0.3 is 14.8 Å². The molecule has 1 saturated heterocycles. The van der Waals surface area contributed by atoms with Crippen molar-refractivity contribution in [2.75, 3.05) is 27.3 Å². The summed E-state index contributed by atoms with van der Waals surface area (Å²) >= 11 is 0. The molecule has 0 bridgehead atoms. The van der Waals surface area contributed by atoms with Gasteiger partial charge in [0.05, 0.1) is 26.5 Å². The van der Waals surface area contributed by atoms with Gasteiger partial charge in [-0.3, -0.25) is 4.79 Å². The first kappa shape index (κ1) is 22.0. The van der Waals surface area contributed by atoms with Gasteiger partial charge in [-0.1, -0.05) is 5.21 Å². The van der Waals surface area contributed by atoms with Crippen LogP contribution < -0.4 is 14.8 Å². The van der Waals surface area contributed by atoms with Gasteiger partial charge in [0.25, 0.3) is 5.91 Å². The molecular formula is C19H27N5O5S. The van der Waals surface area contributed by atoms with Gasteiger partial charge in [-0.25, -0.2) is 13.1 Å². The molecule has 1 aliphatic rings. The Bertz CT molecular complexity index is 1000. The molecule has 0 radical (unpaired) electrons. The molecule has 1 aliphatic heterocycles. The van der Waals surface area contributed by atoms with Crippen molar-refractivity contribution in [2.24, 2.45) is 0 Å². The number of carbonyl (C=O) groups excluding carboxylic acids is 1. The number of ether oxygens (including phenoxy) is 2. The Hall–Kier alpha value is -2.66. The molecule has 1 atom stereocenters. The highest BCUT2D eigenvalue weighted by Gasteiger charge is 2.34. The Labute approximate surface area is 176 Å². The highest BCUT2D eigenvalue weighted by Crippen LogP contribution is 2.33. The molecule has 2 aromatic rings. The molecule has 0 spiro atoms. The molecule has 0 unspecified atom stereocenters. The standard InChI is InChI=1S/C19H27N5O5S/c1-13(2)20-19(25)16-12-24(22-21-16)14-6-5-9-23(11-14)30(26,27)18-10-15(28-3)7-8-17(18)29-4/h7-8,10,12-14H,5-6,9,11H2,1-4H3,(H,20,25)/t14-/m0/s1. The van der Waals surface area contributed by atoms with E-state index >= 15 is 0 Å². The molecule has 10 nitrogen and oxygen atoms in total. The first-order valence-electron chi connectivity index (χ1n) is 9.71. The van der Waals surface area contributed by atoms with Crippen molar-refractivity contribution in [3.8, 4) is 11.5 Å². The number of methoxy groups -OCH3 is 2. The minimum Gasteiger partial charge on any atom is -0.497 e. The van der Waals surface area contributed by atoms with Crippen LogP contribution in [-0.4, -0.2) is 67.0 Å². The topological polar surface area (TPSA) is 116 Å². The van der Waals surface area contributed by atoms with E-state index in [9.17, 15) is 13.2 Å². The summed E-state index contributed by atoms with van der Waals surface area (Å²) in [7, 11) is -0.908. The second-order valence-electron chi connectivity index (χ2n) is 7.39. The summed E-state index contributed by atoms with van der Waals surface area (Å²) in [4.78, 5) is 12.2. The van der Waals surface area contributed by atoms with Crippen molar-refractivity contribution >= 4 is 15.9 Å². The van der Waals surface area contributed by atoms with E-state index in [0.29, 0.717) is 18.7 Å². The van der Waals surface area contributed by atoms with E-state index in [2.05, 4.69) is 15.6 Å². The predicted octanol–water partition coefficient (Wildman–Crippen LogP) is 1.46. The van der Waals surface area contributed by atoms with Gasteiger partial charge in [-0.2, -0.15) is 4.31 Å². The monoisotopic (exact) mass is 437 g/mol. The second-order valence-corrected chi connectivity index (χ2v) is 9.29. The van der Waals surface area contributed by atoms with Gasteiger partial charge in [-0.05, 0) is 38.8 Å². The number of carbonyl (C=O) groups is 1. The molecule has 1 N–H and O–H groups in total. The number of sulfonamides is 1. The van der Waals surface area contributed by atoms with Crippen LogP contribution in [-0.2, 0) is 10.0 Å². The number of aromatic nitrogens is 3. The molecule has 2 heterocycles. The van der Waals surface area contributed by atoms with Gasteiger partial charge in [0.2, 0.25) is 10.0 Å². The second kappa shape index (κ2) is 9.00. The van der Waals surface area contributed by atoms with E-state index in [1.165, 1.54) is 24.6 Å². The van der Waals surface area contributed by atoms with E-state index in [4.69, 9.17) is 9.47 Å². The van der Waals surface area contributed by atoms with Crippen LogP contribution in [0.25, 0.3) is 0 Å². The summed E-state index contributed by atoms with van der Waals surface area (Å²) in [6, 6.07) is 4.44. The van der Waals surface area contributed by atoms with Crippen LogP contribution >= 0.6 is 0 Å². The quantitative estimate of drug-likeness (QED) is 0.697. The molecule has 0 saturated carbocycles. The largest absolute Gasteiger partial charge is 0.497 e. The Balaban J connectivity index is 1.83. The van der Waals surface area contributed by atoms with E-state index in [1.54, 1.807) is 23.0 Å². The number of nitrogens with one attached hydrogen (secondary N) is 1. The zero-order valence-electron chi connectivity index (χ0n) is 17.5. The maximum absolute atomic E-state index is 13.3. The third-order valence-electron chi connectivity index (χ3n) is 4.88. The van der Waals surface area contributed by atoms with Crippen LogP contribution in [0.15, 0.2) is 29.3 Å². The first-order chi connectivity index (χ1) is 14.3. The molecule has 1 fully saturated rings. The third kappa shape index (κ3) is 4.57. The van der Waals surface area contributed by atoms with E-state index < -0.39 is 10.0 Å². The number of hydrogen-bond donors (Lipinski definition) is 1. The summed E-state index contributed by atoms with van der Waals surface area (Å²) in [5, 5.41) is 10.8. The van der Waals surface area contributed by atoms with Gasteiger partial charge >= 0.3 is 0 Å². The Morgan fingerprint density at radius 1 is 1.27 bits per heavy atom. The SMILES string of the molecule is COc1ccc(OC)c(S(=O)(=O)N2CCC[C@H](n3cc(C(=O)NC(C)C)nn3)C2)c1. The number of amides is 1. The van der Waals surface area contributed by atoms with Crippen LogP contribution in [0.2, 0.25) is 0 Å². The van der Waals surface area contributed by atoms with Crippen LogP contribution in [0.5, 0.6) is 11.5 Å². The normalized spacial score (nSPS) is 17.7. The first-order valence-corrected chi connectivity index (χ1v) is 11.1. The van der Waals surface area contributed by atoms with Gasteiger partial charge in [0.1, 0.15) is 16.4 Å². The average Bonchev–Trinajstić information content (AvgIpc) is 3.23. The van der Waals surface area contributed by atoms with Crippen molar-refractivity contribution in [3.05, 3.63) is 30.1 Å². The molecule has 11 heteroatoms. The molecule has 1 aromatic carbocycles. The zero-order chi connectivity index (χ0) is 21.9. The van der Waals surface area contributed by atoms with Crippen molar-refractivity contribution in [2.45, 2.75) is 43.7 Å². The Morgan fingerprint density at radius 2 is 2.03 bits per heavy atom. The number of rotatable bonds is 7. The molecule has 3 rings (SSSR count). The maximum atomic E-state index is 13.3. The lowest BCUT2D eigenvalue weighted by Crippen LogP contribution is -2.41. The summed E-state index contributed by atoms with van der Waals surface area (Å²) in [6.45, 7) is 4.32. The molecule has 1 aromatic heterocycles.